The number of carbonyl (C=O) groups is 2. The first-order chi connectivity index (χ1) is 5.20. The van der Waals surface area contributed by atoms with Crippen molar-refractivity contribution in [3.05, 3.63) is 0 Å². The van der Waals surface area contributed by atoms with Crippen LogP contribution in [-0.4, -0.2) is 19.2 Å². The molecule has 0 spiro atoms. The lowest BCUT2D eigenvalue weighted by atomic mass is 10.1. The number of rotatable bonds is 3. The van der Waals surface area contributed by atoms with Crippen LogP contribution in [0, 0.1) is 5.92 Å². The van der Waals surface area contributed by atoms with Gasteiger partial charge >= 0.3 is 0 Å². The minimum absolute atomic E-state index is 0.0883. The molecule has 0 heterocycles. The molecule has 0 fully saturated rings. The molecule has 0 aromatic rings. The fourth-order valence-corrected chi connectivity index (χ4v) is 0.443. The summed E-state index contributed by atoms with van der Waals surface area (Å²) >= 11 is 0. The molecule has 66 valence electrons. The monoisotopic (exact) mass is 159 g/mol. The average molecular weight is 159 g/mol. The highest BCUT2D eigenvalue weighted by Gasteiger charge is 2.04. The molecule has 0 saturated carbocycles. The van der Waals surface area contributed by atoms with E-state index in [1.54, 1.807) is 14.0 Å². The van der Waals surface area contributed by atoms with Crippen LogP contribution in [0.25, 0.3) is 0 Å². The summed E-state index contributed by atoms with van der Waals surface area (Å²) < 4.78 is 0. The molecule has 1 amide bonds. The van der Waals surface area contributed by atoms with Gasteiger partial charge in [0.05, 0.1) is 0 Å². The molecule has 11 heavy (non-hydrogen) atoms. The van der Waals surface area contributed by atoms with Crippen molar-refractivity contribution < 1.29 is 9.59 Å². The van der Waals surface area contributed by atoms with Gasteiger partial charge in [-0.3, -0.25) is 4.79 Å². The van der Waals surface area contributed by atoms with E-state index in [0.717, 1.165) is 6.29 Å². The molecular formula is C8H17NO2. The summed E-state index contributed by atoms with van der Waals surface area (Å²) in [6, 6.07) is 0. The standard InChI is InChI=1S/C6H11NO2.C2H6/c1-5(4-8)3-6(9)7-2;1-2/h4-5H,3H2,1-2H3,(H,7,9);1-2H3. The Morgan fingerprint density at radius 1 is 1.55 bits per heavy atom. The van der Waals surface area contributed by atoms with E-state index in [0.29, 0.717) is 6.42 Å². The van der Waals surface area contributed by atoms with E-state index in [1.807, 2.05) is 13.8 Å². The van der Waals surface area contributed by atoms with Gasteiger partial charge < -0.3 is 10.1 Å². The van der Waals surface area contributed by atoms with Gasteiger partial charge in [0.15, 0.2) is 0 Å². The van der Waals surface area contributed by atoms with Crippen molar-refractivity contribution in [1.82, 2.24) is 5.32 Å². The predicted octanol–water partition coefficient (Wildman–Crippen LogP) is 0.984. The summed E-state index contributed by atoms with van der Waals surface area (Å²) in [4.78, 5) is 20.5. The van der Waals surface area contributed by atoms with Crippen molar-refractivity contribution in [2.24, 2.45) is 5.92 Å². The number of hydrogen-bond donors (Lipinski definition) is 1. The molecule has 0 radical (unpaired) electrons. The van der Waals surface area contributed by atoms with Crippen LogP contribution in [-0.2, 0) is 9.59 Å². The van der Waals surface area contributed by atoms with Crippen LogP contribution < -0.4 is 5.32 Å². The quantitative estimate of drug-likeness (QED) is 0.624. The van der Waals surface area contributed by atoms with Crippen molar-refractivity contribution >= 4 is 12.2 Å². The highest BCUT2D eigenvalue weighted by Crippen LogP contribution is 1.94. The third-order valence-corrected chi connectivity index (χ3v) is 1.02. The molecule has 3 heteroatoms. The van der Waals surface area contributed by atoms with Gasteiger partial charge in [-0.05, 0) is 0 Å². The largest absolute Gasteiger partial charge is 0.359 e. The predicted molar refractivity (Wildman–Crippen MR) is 45.3 cm³/mol. The van der Waals surface area contributed by atoms with Gasteiger partial charge in [-0.25, -0.2) is 0 Å². The Morgan fingerprint density at radius 2 is 2.00 bits per heavy atom. The third-order valence-electron chi connectivity index (χ3n) is 1.02. The Kier molecular flexibility index (Phi) is 10.6. The van der Waals surface area contributed by atoms with Crippen molar-refractivity contribution in [1.29, 1.82) is 0 Å². The second-order valence-corrected chi connectivity index (χ2v) is 1.99. The van der Waals surface area contributed by atoms with Crippen LogP contribution in [0.4, 0.5) is 0 Å². The zero-order valence-corrected chi connectivity index (χ0v) is 7.68. The van der Waals surface area contributed by atoms with E-state index < -0.39 is 0 Å². The first-order valence-electron chi connectivity index (χ1n) is 3.86. The SMILES string of the molecule is CC.CNC(=O)CC(C)C=O. The third kappa shape index (κ3) is 9.14. The van der Waals surface area contributed by atoms with Crippen LogP contribution >= 0.6 is 0 Å². The molecule has 0 rings (SSSR count). The second-order valence-electron chi connectivity index (χ2n) is 1.99. The maximum atomic E-state index is 10.5. The maximum Gasteiger partial charge on any atom is 0.220 e. The summed E-state index contributed by atoms with van der Waals surface area (Å²) in [6.07, 6.45) is 1.06. The lowest BCUT2D eigenvalue weighted by Gasteiger charge is -1.99. The smallest absolute Gasteiger partial charge is 0.220 e. The van der Waals surface area contributed by atoms with Crippen molar-refractivity contribution in [3.63, 3.8) is 0 Å². The first kappa shape index (κ1) is 12.8. The molecule has 1 atom stereocenters. The molecule has 0 bridgehead atoms. The van der Waals surface area contributed by atoms with Crippen LogP contribution in [0.3, 0.4) is 0 Å². The average Bonchev–Trinajstić information content (AvgIpc) is 2.07. The lowest BCUT2D eigenvalue weighted by molar-refractivity contribution is -0.123. The van der Waals surface area contributed by atoms with Crippen LogP contribution in [0.2, 0.25) is 0 Å². The Balaban J connectivity index is 0. The van der Waals surface area contributed by atoms with Gasteiger partial charge in [-0.1, -0.05) is 20.8 Å². The lowest BCUT2D eigenvalue weighted by Crippen LogP contribution is -2.20. The van der Waals surface area contributed by atoms with E-state index in [1.165, 1.54) is 0 Å². The van der Waals surface area contributed by atoms with Crippen molar-refractivity contribution in [2.75, 3.05) is 7.05 Å². The minimum atomic E-state index is -0.162. The second kappa shape index (κ2) is 9.14. The normalized spacial score (nSPS) is 10.5. The van der Waals surface area contributed by atoms with E-state index in [9.17, 15) is 9.59 Å². The van der Waals surface area contributed by atoms with E-state index in [-0.39, 0.29) is 11.8 Å². The van der Waals surface area contributed by atoms with Crippen LogP contribution in [0.5, 0.6) is 0 Å². The van der Waals surface area contributed by atoms with Gasteiger partial charge in [-0.15, -0.1) is 0 Å². The molecule has 0 aliphatic carbocycles. The Morgan fingerprint density at radius 3 is 2.27 bits per heavy atom. The summed E-state index contributed by atoms with van der Waals surface area (Å²) in [5.74, 6) is -0.250. The molecule has 0 saturated heterocycles. The number of nitrogens with one attached hydrogen (secondary N) is 1. The van der Waals surface area contributed by atoms with Crippen LogP contribution in [0.1, 0.15) is 27.2 Å². The van der Waals surface area contributed by atoms with Gasteiger partial charge in [0.1, 0.15) is 6.29 Å². The van der Waals surface area contributed by atoms with Gasteiger partial charge in [0.2, 0.25) is 5.91 Å². The topological polar surface area (TPSA) is 46.2 Å². The summed E-state index contributed by atoms with van der Waals surface area (Å²) in [5, 5.41) is 2.43. The molecular weight excluding hydrogens is 142 g/mol. The molecule has 1 N–H and O–H groups in total. The number of aldehydes is 1. The van der Waals surface area contributed by atoms with Crippen molar-refractivity contribution in [3.8, 4) is 0 Å². The summed E-state index contributed by atoms with van der Waals surface area (Å²) in [5.41, 5.74) is 0. The zero-order chi connectivity index (χ0) is 9.28. The Hall–Kier alpha value is -0.860. The molecule has 0 aromatic carbocycles. The number of carbonyl (C=O) groups excluding carboxylic acids is 2. The van der Waals surface area contributed by atoms with Gasteiger partial charge in [0, 0.05) is 19.4 Å². The molecule has 0 aliphatic rings. The molecule has 3 nitrogen and oxygen atoms in total. The van der Waals surface area contributed by atoms with Gasteiger partial charge in [-0.2, -0.15) is 0 Å². The van der Waals surface area contributed by atoms with E-state index in [2.05, 4.69) is 5.32 Å². The minimum Gasteiger partial charge on any atom is -0.359 e. The van der Waals surface area contributed by atoms with Crippen LogP contribution in [0.15, 0.2) is 0 Å². The Bertz CT molecular complexity index is 113. The number of hydrogen-bond acceptors (Lipinski definition) is 2. The van der Waals surface area contributed by atoms with Gasteiger partial charge in [0.25, 0.3) is 0 Å². The zero-order valence-electron chi connectivity index (χ0n) is 7.68. The number of amides is 1. The fourth-order valence-electron chi connectivity index (χ4n) is 0.443. The first-order valence-corrected chi connectivity index (χ1v) is 3.86. The molecule has 1 unspecified atom stereocenters. The summed E-state index contributed by atoms with van der Waals surface area (Å²) in [7, 11) is 1.56. The maximum absolute atomic E-state index is 10.5. The highest BCUT2D eigenvalue weighted by molar-refractivity contribution is 5.78. The Labute approximate surface area is 68.2 Å². The highest BCUT2D eigenvalue weighted by atomic mass is 16.1. The molecule has 0 aliphatic heterocycles. The van der Waals surface area contributed by atoms with E-state index >= 15 is 0 Å². The molecule has 0 aromatic heterocycles. The van der Waals surface area contributed by atoms with E-state index in [4.69, 9.17) is 0 Å². The fraction of sp³-hybridized carbons (Fsp3) is 0.750. The van der Waals surface area contributed by atoms with Crippen molar-refractivity contribution in [2.45, 2.75) is 27.2 Å². The summed E-state index contributed by atoms with van der Waals surface area (Å²) in [6.45, 7) is 5.71.